The van der Waals surface area contributed by atoms with Crippen LogP contribution in [0, 0.1) is 5.82 Å². The molecule has 0 amide bonds. The van der Waals surface area contributed by atoms with Crippen molar-refractivity contribution in [3.05, 3.63) is 28.8 Å². The van der Waals surface area contributed by atoms with Crippen LogP contribution in [0.2, 0.25) is 5.02 Å². The summed E-state index contributed by atoms with van der Waals surface area (Å²) in [6.45, 7) is 0. The fourth-order valence-electron chi connectivity index (χ4n) is 0.531. The number of aromatic carboxylic acids is 1. The van der Waals surface area contributed by atoms with Crippen LogP contribution >= 0.6 is 11.6 Å². The van der Waals surface area contributed by atoms with Gasteiger partial charge in [0.15, 0.2) is 5.69 Å². The van der Waals surface area contributed by atoms with Crippen LogP contribution in [0.15, 0.2) is 12.3 Å². The maximum Gasteiger partial charge on any atom is 0.354 e. The summed E-state index contributed by atoms with van der Waals surface area (Å²) >= 11 is 5.25. The van der Waals surface area contributed by atoms with E-state index in [-0.39, 0.29) is 10.7 Å². The first-order valence-corrected chi connectivity index (χ1v) is 3.03. The van der Waals surface area contributed by atoms with Crippen molar-refractivity contribution in [2.75, 3.05) is 0 Å². The van der Waals surface area contributed by atoms with Gasteiger partial charge in [-0.2, -0.15) is 0 Å². The maximum absolute atomic E-state index is 12.5. The Labute approximate surface area is 66.4 Å². The quantitative estimate of drug-likeness (QED) is 0.705. The third-order valence-corrected chi connectivity index (χ3v) is 1.31. The Hall–Kier alpha value is -1.16. The highest BCUT2D eigenvalue weighted by Gasteiger charge is 2.07. The first-order chi connectivity index (χ1) is 5.11. The van der Waals surface area contributed by atoms with E-state index in [9.17, 15) is 9.18 Å². The van der Waals surface area contributed by atoms with E-state index in [1.165, 1.54) is 0 Å². The van der Waals surface area contributed by atoms with Crippen LogP contribution in [0.4, 0.5) is 4.39 Å². The molecule has 3 nitrogen and oxygen atoms in total. The summed E-state index contributed by atoms with van der Waals surface area (Å²) in [7, 11) is 0. The molecule has 0 saturated heterocycles. The first-order valence-electron chi connectivity index (χ1n) is 2.65. The molecule has 11 heavy (non-hydrogen) atoms. The molecule has 0 bridgehead atoms. The van der Waals surface area contributed by atoms with Crippen LogP contribution in [-0.2, 0) is 0 Å². The molecule has 1 rings (SSSR count). The van der Waals surface area contributed by atoms with E-state index in [0.29, 0.717) is 0 Å². The molecule has 1 N–H and O–H groups in total. The van der Waals surface area contributed by atoms with Gasteiger partial charge in [0.1, 0.15) is 5.82 Å². The molecule has 0 aliphatic heterocycles. The smallest absolute Gasteiger partial charge is 0.354 e. The fraction of sp³-hybridized carbons (Fsp3) is 0. The SMILES string of the molecule is O=C(O)c1cc(F)c(Cl)cn1. The van der Waals surface area contributed by atoms with E-state index in [1.807, 2.05) is 0 Å². The van der Waals surface area contributed by atoms with Crippen molar-refractivity contribution in [1.82, 2.24) is 4.98 Å². The van der Waals surface area contributed by atoms with Crippen molar-refractivity contribution in [2.45, 2.75) is 0 Å². The molecule has 1 aromatic heterocycles. The Bertz CT molecular complexity index is 303. The van der Waals surface area contributed by atoms with Gasteiger partial charge >= 0.3 is 5.97 Å². The minimum absolute atomic E-state index is 0.185. The van der Waals surface area contributed by atoms with Crippen LogP contribution < -0.4 is 0 Å². The molecule has 1 heterocycles. The number of carbonyl (C=O) groups is 1. The fourth-order valence-corrected chi connectivity index (χ4v) is 0.634. The van der Waals surface area contributed by atoms with Crippen LogP contribution in [0.25, 0.3) is 0 Å². The van der Waals surface area contributed by atoms with E-state index in [1.54, 1.807) is 0 Å². The van der Waals surface area contributed by atoms with Gasteiger partial charge in [-0.15, -0.1) is 0 Å². The van der Waals surface area contributed by atoms with Gasteiger partial charge in [0, 0.05) is 12.3 Å². The Morgan fingerprint density at radius 3 is 2.82 bits per heavy atom. The van der Waals surface area contributed by atoms with Gasteiger partial charge in [0.2, 0.25) is 0 Å². The zero-order valence-electron chi connectivity index (χ0n) is 5.21. The number of halogens is 2. The van der Waals surface area contributed by atoms with Gasteiger partial charge in [-0.3, -0.25) is 0 Å². The third kappa shape index (κ3) is 1.65. The van der Waals surface area contributed by atoms with Crippen molar-refractivity contribution in [1.29, 1.82) is 0 Å². The molecule has 0 atom stereocenters. The molecule has 0 unspecified atom stereocenters. The van der Waals surface area contributed by atoms with Crippen molar-refractivity contribution in [3.8, 4) is 0 Å². The molecule has 0 fully saturated rings. The Morgan fingerprint density at radius 1 is 1.73 bits per heavy atom. The Balaban J connectivity index is 3.15. The highest BCUT2D eigenvalue weighted by molar-refractivity contribution is 6.30. The third-order valence-electron chi connectivity index (χ3n) is 1.03. The lowest BCUT2D eigenvalue weighted by Gasteiger charge is -1.94. The van der Waals surface area contributed by atoms with Gasteiger partial charge in [0.25, 0.3) is 0 Å². The average molecular weight is 176 g/mol. The van der Waals surface area contributed by atoms with Gasteiger partial charge < -0.3 is 5.11 Å². The minimum atomic E-state index is -1.28. The summed E-state index contributed by atoms with van der Waals surface area (Å²) in [5.74, 6) is -2.06. The predicted octanol–water partition coefficient (Wildman–Crippen LogP) is 1.57. The van der Waals surface area contributed by atoms with Gasteiger partial charge in [-0.1, -0.05) is 11.6 Å². The Morgan fingerprint density at radius 2 is 2.36 bits per heavy atom. The Kier molecular flexibility index (Phi) is 2.05. The molecule has 0 radical (unpaired) electrons. The van der Waals surface area contributed by atoms with E-state index < -0.39 is 11.8 Å². The van der Waals surface area contributed by atoms with Crippen LogP contribution in [0.1, 0.15) is 10.5 Å². The molecular weight excluding hydrogens is 173 g/mol. The first kappa shape index (κ1) is 7.94. The predicted molar refractivity (Wildman–Crippen MR) is 36.2 cm³/mol. The second-order valence-corrected chi connectivity index (χ2v) is 2.20. The number of pyridine rings is 1. The lowest BCUT2D eigenvalue weighted by atomic mass is 10.3. The molecule has 0 aromatic carbocycles. The second kappa shape index (κ2) is 2.84. The number of carboxylic acid groups (broad SMARTS) is 1. The van der Waals surface area contributed by atoms with Crippen LogP contribution in [0.5, 0.6) is 0 Å². The van der Waals surface area contributed by atoms with E-state index >= 15 is 0 Å². The topological polar surface area (TPSA) is 50.2 Å². The minimum Gasteiger partial charge on any atom is -0.477 e. The highest BCUT2D eigenvalue weighted by Crippen LogP contribution is 2.12. The number of rotatable bonds is 1. The summed E-state index contributed by atoms with van der Waals surface area (Å²) in [6.07, 6.45) is 0.959. The van der Waals surface area contributed by atoms with Crippen molar-refractivity contribution >= 4 is 17.6 Å². The summed E-state index contributed by atoms with van der Waals surface area (Å²) in [5.41, 5.74) is -0.355. The summed E-state index contributed by atoms with van der Waals surface area (Å²) in [4.78, 5) is 13.6. The molecule has 58 valence electrons. The van der Waals surface area contributed by atoms with Gasteiger partial charge in [-0.25, -0.2) is 14.2 Å². The summed E-state index contributed by atoms with van der Waals surface area (Å²) in [5, 5.41) is 8.14. The molecule has 0 aliphatic carbocycles. The number of hydrogen-bond donors (Lipinski definition) is 1. The number of hydrogen-bond acceptors (Lipinski definition) is 2. The number of nitrogens with zero attached hydrogens (tertiary/aromatic N) is 1. The molecule has 0 aliphatic rings. The summed E-state index contributed by atoms with van der Waals surface area (Å²) in [6, 6.07) is 0.769. The number of carboxylic acids is 1. The molecule has 1 aromatic rings. The molecule has 5 heteroatoms. The normalized spacial score (nSPS) is 9.64. The zero-order valence-corrected chi connectivity index (χ0v) is 5.97. The van der Waals surface area contributed by atoms with Crippen LogP contribution in [-0.4, -0.2) is 16.1 Å². The van der Waals surface area contributed by atoms with Crippen molar-refractivity contribution in [2.24, 2.45) is 0 Å². The van der Waals surface area contributed by atoms with Gasteiger partial charge in [-0.05, 0) is 0 Å². The van der Waals surface area contributed by atoms with E-state index in [0.717, 1.165) is 12.3 Å². The molecule has 0 saturated carbocycles. The molecule has 0 spiro atoms. The maximum atomic E-state index is 12.5. The lowest BCUT2D eigenvalue weighted by molar-refractivity contribution is 0.0690. The largest absolute Gasteiger partial charge is 0.477 e. The average Bonchev–Trinajstić information content (AvgIpc) is 1.94. The number of aromatic nitrogens is 1. The lowest BCUT2D eigenvalue weighted by Crippen LogP contribution is -2.00. The molecular formula is C6H3ClFNO2. The van der Waals surface area contributed by atoms with E-state index in [2.05, 4.69) is 4.98 Å². The standard InChI is InChI=1S/C6H3ClFNO2/c7-3-2-9-5(6(10)11)1-4(3)8/h1-2H,(H,10,11). The monoisotopic (exact) mass is 175 g/mol. The van der Waals surface area contributed by atoms with Gasteiger partial charge in [0.05, 0.1) is 5.02 Å². The second-order valence-electron chi connectivity index (χ2n) is 1.79. The van der Waals surface area contributed by atoms with Crippen molar-refractivity contribution < 1.29 is 14.3 Å². The van der Waals surface area contributed by atoms with E-state index in [4.69, 9.17) is 16.7 Å². The van der Waals surface area contributed by atoms with Crippen LogP contribution in [0.3, 0.4) is 0 Å². The summed E-state index contributed by atoms with van der Waals surface area (Å²) < 4.78 is 12.5. The zero-order chi connectivity index (χ0) is 8.43. The van der Waals surface area contributed by atoms with Crippen molar-refractivity contribution in [3.63, 3.8) is 0 Å². The highest BCUT2D eigenvalue weighted by atomic mass is 35.5.